The predicted molar refractivity (Wildman–Crippen MR) is 94.2 cm³/mol. The molecular formula is C20H18F2N2O. The van der Waals surface area contributed by atoms with Gasteiger partial charge in [0.05, 0.1) is 6.04 Å². The summed E-state index contributed by atoms with van der Waals surface area (Å²) < 4.78 is 26.4. The van der Waals surface area contributed by atoms with Gasteiger partial charge in [0.2, 0.25) is 0 Å². The van der Waals surface area contributed by atoms with Crippen LogP contribution in [0.2, 0.25) is 0 Å². The van der Waals surface area contributed by atoms with Crippen LogP contribution in [0.4, 0.5) is 8.78 Å². The van der Waals surface area contributed by atoms with Gasteiger partial charge in [-0.3, -0.25) is 4.79 Å². The molecular weight excluding hydrogens is 322 g/mol. The van der Waals surface area contributed by atoms with Gasteiger partial charge in [0.1, 0.15) is 0 Å². The Balaban J connectivity index is 1.89. The molecule has 0 aliphatic rings. The number of amides is 1. The van der Waals surface area contributed by atoms with Crippen molar-refractivity contribution in [2.75, 3.05) is 0 Å². The minimum atomic E-state index is -1.06. The van der Waals surface area contributed by atoms with Crippen LogP contribution in [0.15, 0.2) is 60.7 Å². The van der Waals surface area contributed by atoms with Crippen LogP contribution in [0.25, 0.3) is 10.8 Å². The Morgan fingerprint density at radius 1 is 0.960 bits per heavy atom. The number of nitrogens with one attached hydrogen (secondary N) is 1. The molecule has 128 valence electrons. The molecule has 0 bridgehead atoms. The normalized spacial score (nSPS) is 13.4. The molecule has 0 saturated heterocycles. The Kier molecular flexibility index (Phi) is 4.76. The van der Waals surface area contributed by atoms with Crippen molar-refractivity contribution in [1.29, 1.82) is 0 Å². The van der Waals surface area contributed by atoms with Gasteiger partial charge in [-0.15, -0.1) is 0 Å². The first-order valence-corrected chi connectivity index (χ1v) is 7.96. The summed E-state index contributed by atoms with van der Waals surface area (Å²) in [6.45, 7) is 1.78. The lowest BCUT2D eigenvalue weighted by Gasteiger charge is -2.23. The van der Waals surface area contributed by atoms with Crippen LogP contribution < -0.4 is 11.1 Å². The third-order valence-corrected chi connectivity index (χ3v) is 4.13. The molecule has 3 N–H and O–H groups in total. The highest BCUT2D eigenvalue weighted by Crippen LogP contribution is 2.22. The molecule has 2 unspecified atom stereocenters. The number of carbonyl (C=O) groups is 1. The fourth-order valence-electron chi connectivity index (χ4n) is 2.78. The second-order valence-corrected chi connectivity index (χ2v) is 6.05. The number of hydrogen-bond donors (Lipinski definition) is 2. The van der Waals surface area contributed by atoms with Crippen molar-refractivity contribution in [3.05, 3.63) is 83.4 Å². The van der Waals surface area contributed by atoms with Crippen molar-refractivity contribution < 1.29 is 13.6 Å². The van der Waals surface area contributed by atoms with E-state index >= 15 is 0 Å². The molecule has 5 heteroatoms. The van der Waals surface area contributed by atoms with Crippen molar-refractivity contribution in [3.63, 3.8) is 0 Å². The molecule has 0 aliphatic carbocycles. The smallest absolute Gasteiger partial charge is 0.251 e. The Hall–Kier alpha value is -2.79. The van der Waals surface area contributed by atoms with Gasteiger partial charge in [0.15, 0.2) is 11.6 Å². The van der Waals surface area contributed by atoms with E-state index in [4.69, 9.17) is 5.73 Å². The molecule has 3 nitrogen and oxygen atoms in total. The van der Waals surface area contributed by atoms with Crippen molar-refractivity contribution >= 4 is 16.7 Å². The van der Waals surface area contributed by atoms with Crippen LogP contribution in [0.5, 0.6) is 0 Å². The molecule has 0 aliphatic heterocycles. The lowest BCUT2D eigenvalue weighted by atomic mass is 9.97. The predicted octanol–water partition coefficient (Wildman–Crippen LogP) is 3.94. The second kappa shape index (κ2) is 6.99. The monoisotopic (exact) mass is 340 g/mol. The summed E-state index contributed by atoms with van der Waals surface area (Å²) in [5.74, 6) is -2.56. The van der Waals surface area contributed by atoms with E-state index in [2.05, 4.69) is 5.32 Å². The Labute approximate surface area is 144 Å². The molecule has 3 aromatic rings. The fraction of sp³-hybridized carbons (Fsp3) is 0.150. The summed E-state index contributed by atoms with van der Waals surface area (Å²) in [5, 5.41) is 4.93. The zero-order valence-electron chi connectivity index (χ0n) is 13.7. The molecule has 2 atom stereocenters. The van der Waals surface area contributed by atoms with Crippen molar-refractivity contribution in [3.8, 4) is 0 Å². The largest absolute Gasteiger partial charge is 0.344 e. The van der Waals surface area contributed by atoms with Gasteiger partial charge < -0.3 is 11.1 Å². The van der Waals surface area contributed by atoms with Crippen LogP contribution in [0, 0.1) is 11.6 Å². The number of hydrogen-bond acceptors (Lipinski definition) is 2. The number of carbonyl (C=O) groups excluding carboxylic acids is 1. The number of fused-ring (bicyclic) bond motifs is 1. The first-order chi connectivity index (χ1) is 12.0. The minimum absolute atomic E-state index is 0.0466. The van der Waals surface area contributed by atoms with Crippen LogP contribution in [0.3, 0.4) is 0 Å². The third-order valence-electron chi connectivity index (χ3n) is 4.13. The SMILES string of the molecule is CC(N)C(NC(=O)c1ccc(F)c(F)c1)c1ccc2ccccc2c1. The molecule has 0 spiro atoms. The van der Waals surface area contributed by atoms with E-state index in [1.807, 2.05) is 42.5 Å². The van der Waals surface area contributed by atoms with Crippen LogP contribution in [-0.4, -0.2) is 11.9 Å². The van der Waals surface area contributed by atoms with Crippen LogP contribution >= 0.6 is 0 Å². The molecule has 25 heavy (non-hydrogen) atoms. The van der Waals surface area contributed by atoms with Gasteiger partial charge >= 0.3 is 0 Å². The summed E-state index contributed by atoms with van der Waals surface area (Å²) in [6, 6.07) is 15.9. The second-order valence-electron chi connectivity index (χ2n) is 6.05. The van der Waals surface area contributed by atoms with Crippen molar-refractivity contribution in [1.82, 2.24) is 5.32 Å². The summed E-state index contributed by atoms with van der Waals surface area (Å²) in [6.07, 6.45) is 0. The zero-order chi connectivity index (χ0) is 18.0. The van der Waals surface area contributed by atoms with Gasteiger partial charge in [0.25, 0.3) is 5.91 Å². The number of benzene rings is 3. The maximum Gasteiger partial charge on any atom is 0.251 e. The molecule has 3 rings (SSSR count). The highest BCUT2D eigenvalue weighted by Gasteiger charge is 2.20. The van der Waals surface area contributed by atoms with Gasteiger partial charge in [0, 0.05) is 11.6 Å². The molecule has 0 aromatic heterocycles. The molecule has 0 heterocycles. The highest BCUT2D eigenvalue weighted by atomic mass is 19.2. The maximum atomic E-state index is 13.4. The van der Waals surface area contributed by atoms with Gasteiger partial charge in [-0.05, 0) is 47.5 Å². The third kappa shape index (κ3) is 3.67. The maximum absolute atomic E-state index is 13.4. The first kappa shape index (κ1) is 17.0. The summed E-state index contributed by atoms with van der Waals surface area (Å²) >= 11 is 0. The zero-order valence-corrected chi connectivity index (χ0v) is 13.7. The molecule has 1 amide bonds. The van der Waals surface area contributed by atoms with Crippen molar-refractivity contribution in [2.45, 2.75) is 19.0 Å². The summed E-state index contributed by atoms with van der Waals surface area (Å²) in [5.41, 5.74) is 6.94. The Morgan fingerprint density at radius 2 is 1.68 bits per heavy atom. The number of halogens is 2. The number of rotatable bonds is 4. The first-order valence-electron chi connectivity index (χ1n) is 7.96. The Morgan fingerprint density at radius 3 is 2.36 bits per heavy atom. The standard InChI is InChI=1S/C20H18F2N2O/c1-12(23)19(15-7-6-13-4-2-3-5-14(13)10-15)24-20(25)16-8-9-17(21)18(22)11-16/h2-12,19H,23H2,1H3,(H,24,25). The minimum Gasteiger partial charge on any atom is -0.344 e. The van der Waals surface area contributed by atoms with Gasteiger partial charge in [-0.1, -0.05) is 36.4 Å². The highest BCUT2D eigenvalue weighted by molar-refractivity contribution is 5.94. The lowest BCUT2D eigenvalue weighted by molar-refractivity contribution is 0.0931. The molecule has 0 saturated carbocycles. The van der Waals surface area contributed by atoms with E-state index in [0.717, 1.165) is 28.5 Å². The molecule has 0 radical (unpaired) electrons. The van der Waals surface area contributed by atoms with E-state index in [9.17, 15) is 13.6 Å². The quantitative estimate of drug-likeness (QED) is 0.756. The summed E-state index contributed by atoms with van der Waals surface area (Å²) in [4.78, 5) is 12.4. The number of nitrogens with two attached hydrogens (primary N) is 1. The fourth-order valence-corrected chi connectivity index (χ4v) is 2.78. The van der Waals surface area contributed by atoms with E-state index in [-0.39, 0.29) is 11.6 Å². The summed E-state index contributed by atoms with van der Waals surface area (Å²) in [7, 11) is 0. The Bertz CT molecular complexity index is 924. The van der Waals surface area contributed by atoms with Crippen LogP contribution in [0.1, 0.15) is 28.9 Å². The topological polar surface area (TPSA) is 55.1 Å². The average Bonchev–Trinajstić information content (AvgIpc) is 2.61. The van der Waals surface area contributed by atoms with Gasteiger partial charge in [-0.25, -0.2) is 8.78 Å². The van der Waals surface area contributed by atoms with E-state index in [1.165, 1.54) is 6.07 Å². The van der Waals surface area contributed by atoms with E-state index in [1.54, 1.807) is 6.92 Å². The molecule has 3 aromatic carbocycles. The lowest BCUT2D eigenvalue weighted by Crippen LogP contribution is -2.39. The van der Waals surface area contributed by atoms with E-state index < -0.39 is 23.6 Å². The van der Waals surface area contributed by atoms with Crippen molar-refractivity contribution in [2.24, 2.45) is 5.73 Å². The van der Waals surface area contributed by atoms with Gasteiger partial charge in [-0.2, -0.15) is 0 Å². The van der Waals surface area contributed by atoms with E-state index in [0.29, 0.717) is 0 Å². The average molecular weight is 340 g/mol. The molecule has 0 fully saturated rings. The van der Waals surface area contributed by atoms with Crippen LogP contribution in [-0.2, 0) is 0 Å².